The van der Waals surface area contributed by atoms with E-state index < -0.39 is 5.97 Å². The number of carbonyl (C=O) groups excluding carboxylic acids is 1. The number of carbonyl (C=O) groups is 1. The monoisotopic (exact) mass is 303 g/mol. The minimum atomic E-state index is -0.433. The van der Waals surface area contributed by atoms with Crippen LogP contribution >= 0.6 is 0 Å². The summed E-state index contributed by atoms with van der Waals surface area (Å²) >= 11 is 0. The number of hydrogen-bond donors (Lipinski definition) is 1. The van der Waals surface area contributed by atoms with Crippen molar-refractivity contribution in [3.8, 4) is 5.75 Å². The lowest BCUT2D eigenvalue weighted by atomic mass is 10.2. The molecule has 0 aliphatic carbocycles. The summed E-state index contributed by atoms with van der Waals surface area (Å²) in [5.74, 6) is -0.452. The van der Waals surface area contributed by atoms with E-state index in [1.165, 1.54) is 12.1 Å². The first-order valence-electron chi connectivity index (χ1n) is 7.04. The van der Waals surface area contributed by atoms with Crippen LogP contribution in [0.4, 0.5) is 10.1 Å². The van der Waals surface area contributed by atoms with Gasteiger partial charge in [0.25, 0.3) is 0 Å². The van der Waals surface area contributed by atoms with Crippen LogP contribution in [0.15, 0.2) is 42.5 Å². The van der Waals surface area contributed by atoms with Crippen LogP contribution in [0.1, 0.15) is 29.3 Å². The summed E-state index contributed by atoms with van der Waals surface area (Å²) in [5, 5.41) is 0. The molecule has 4 nitrogen and oxygen atoms in total. The normalized spacial score (nSPS) is 10.3. The van der Waals surface area contributed by atoms with E-state index in [1.54, 1.807) is 30.3 Å². The number of benzene rings is 2. The average molecular weight is 303 g/mol. The molecule has 0 saturated heterocycles. The molecule has 0 saturated carbocycles. The fourth-order valence-electron chi connectivity index (χ4n) is 1.84. The second-order valence-electron chi connectivity index (χ2n) is 4.77. The zero-order chi connectivity index (χ0) is 15.9. The Morgan fingerprint density at radius 2 is 2.00 bits per heavy atom. The molecule has 0 atom stereocenters. The molecule has 2 aromatic rings. The highest BCUT2D eigenvalue weighted by Crippen LogP contribution is 2.24. The first-order valence-corrected chi connectivity index (χ1v) is 7.04. The number of hydrogen-bond acceptors (Lipinski definition) is 4. The molecular formula is C17H18FNO3. The van der Waals surface area contributed by atoms with E-state index in [0.717, 1.165) is 6.42 Å². The number of rotatable bonds is 6. The lowest BCUT2D eigenvalue weighted by molar-refractivity contribution is 0.0504. The SMILES string of the molecule is CCCOC(=O)c1ccc(N)c(OCc2ccccc2F)c1. The van der Waals surface area contributed by atoms with E-state index in [2.05, 4.69) is 0 Å². The second kappa shape index (κ2) is 7.45. The summed E-state index contributed by atoms with van der Waals surface area (Å²) in [6.45, 7) is 2.30. The Kier molecular flexibility index (Phi) is 5.36. The van der Waals surface area contributed by atoms with Crippen molar-refractivity contribution < 1.29 is 18.7 Å². The van der Waals surface area contributed by atoms with Gasteiger partial charge < -0.3 is 15.2 Å². The molecule has 0 aromatic heterocycles. The molecule has 0 bridgehead atoms. The van der Waals surface area contributed by atoms with Gasteiger partial charge in [-0.25, -0.2) is 9.18 Å². The molecule has 5 heteroatoms. The van der Waals surface area contributed by atoms with E-state index in [1.807, 2.05) is 6.92 Å². The van der Waals surface area contributed by atoms with Gasteiger partial charge in [0.05, 0.1) is 17.9 Å². The zero-order valence-electron chi connectivity index (χ0n) is 12.3. The first kappa shape index (κ1) is 15.8. The molecule has 116 valence electrons. The number of halogens is 1. The van der Waals surface area contributed by atoms with Gasteiger partial charge in [-0.15, -0.1) is 0 Å². The van der Waals surface area contributed by atoms with Crippen LogP contribution in [0.3, 0.4) is 0 Å². The molecule has 0 radical (unpaired) electrons. The van der Waals surface area contributed by atoms with E-state index in [4.69, 9.17) is 15.2 Å². The second-order valence-corrected chi connectivity index (χ2v) is 4.77. The summed E-state index contributed by atoms with van der Waals surface area (Å²) in [7, 11) is 0. The van der Waals surface area contributed by atoms with Crippen LogP contribution in [0.5, 0.6) is 5.75 Å². The lowest BCUT2D eigenvalue weighted by Crippen LogP contribution is -2.07. The minimum absolute atomic E-state index is 0.0321. The van der Waals surface area contributed by atoms with Crippen molar-refractivity contribution in [1.29, 1.82) is 0 Å². The van der Waals surface area contributed by atoms with Gasteiger partial charge in [0.1, 0.15) is 18.2 Å². The van der Waals surface area contributed by atoms with Crippen LogP contribution in [-0.4, -0.2) is 12.6 Å². The molecule has 0 heterocycles. The molecular weight excluding hydrogens is 285 g/mol. The van der Waals surface area contributed by atoms with E-state index >= 15 is 0 Å². The maximum atomic E-state index is 13.6. The van der Waals surface area contributed by atoms with Crippen molar-refractivity contribution in [2.45, 2.75) is 20.0 Å². The standard InChI is InChI=1S/C17H18FNO3/c1-2-9-21-17(20)12-7-8-15(19)16(10-12)22-11-13-5-3-4-6-14(13)18/h3-8,10H,2,9,11,19H2,1H3. The Hall–Kier alpha value is -2.56. The number of esters is 1. The van der Waals surface area contributed by atoms with Crippen molar-refractivity contribution in [2.75, 3.05) is 12.3 Å². The Labute approximate surface area is 128 Å². The maximum absolute atomic E-state index is 13.6. The Morgan fingerprint density at radius 3 is 2.73 bits per heavy atom. The molecule has 22 heavy (non-hydrogen) atoms. The summed E-state index contributed by atoms with van der Waals surface area (Å²) in [6.07, 6.45) is 0.747. The lowest BCUT2D eigenvalue weighted by Gasteiger charge is -2.11. The predicted molar refractivity (Wildman–Crippen MR) is 82.2 cm³/mol. The van der Waals surface area contributed by atoms with Crippen molar-refractivity contribution in [3.63, 3.8) is 0 Å². The highest BCUT2D eigenvalue weighted by molar-refractivity contribution is 5.90. The van der Waals surface area contributed by atoms with Crippen LogP contribution in [0.2, 0.25) is 0 Å². The van der Waals surface area contributed by atoms with Gasteiger partial charge in [0, 0.05) is 5.56 Å². The molecule has 0 amide bonds. The quantitative estimate of drug-likeness (QED) is 0.655. The van der Waals surface area contributed by atoms with Crippen molar-refractivity contribution in [1.82, 2.24) is 0 Å². The van der Waals surface area contributed by atoms with Gasteiger partial charge in [-0.3, -0.25) is 0 Å². The molecule has 0 aliphatic rings. The predicted octanol–water partition coefficient (Wildman–Crippen LogP) is 3.55. The summed E-state index contributed by atoms with van der Waals surface area (Å²) in [4.78, 5) is 11.8. The Balaban J connectivity index is 2.10. The van der Waals surface area contributed by atoms with Crippen LogP contribution in [0.25, 0.3) is 0 Å². The average Bonchev–Trinajstić information content (AvgIpc) is 2.53. The Bertz CT molecular complexity index is 658. The molecule has 2 N–H and O–H groups in total. The third-order valence-corrected chi connectivity index (χ3v) is 3.03. The van der Waals surface area contributed by atoms with Crippen molar-refractivity contribution in [2.24, 2.45) is 0 Å². The highest BCUT2D eigenvalue weighted by Gasteiger charge is 2.11. The number of ether oxygens (including phenoxy) is 2. The van der Waals surface area contributed by atoms with Gasteiger partial charge in [0.15, 0.2) is 0 Å². The molecule has 0 aliphatic heterocycles. The summed E-state index contributed by atoms with van der Waals surface area (Å²) in [6, 6.07) is 11.0. The third kappa shape index (κ3) is 3.97. The van der Waals surface area contributed by atoms with Crippen molar-refractivity contribution >= 4 is 11.7 Å². The fraction of sp³-hybridized carbons (Fsp3) is 0.235. The maximum Gasteiger partial charge on any atom is 0.338 e. The fourth-order valence-corrected chi connectivity index (χ4v) is 1.84. The highest BCUT2D eigenvalue weighted by atomic mass is 19.1. The smallest absolute Gasteiger partial charge is 0.338 e. The van der Waals surface area contributed by atoms with Gasteiger partial charge in [0.2, 0.25) is 0 Å². The van der Waals surface area contributed by atoms with Crippen molar-refractivity contribution in [3.05, 3.63) is 59.4 Å². The molecule has 0 fully saturated rings. The molecule has 0 spiro atoms. The largest absolute Gasteiger partial charge is 0.487 e. The minimum Gasteiger partial charge on any atom is -0.487 e. The number of nitrogen functional groups attached to an aromatic ring is 1. The van der Waals surface area contributed by atoms with E-state index in [-0.39, 0.29) is 12.4 Å². The van der Waals surface area contributed by atoms with Crippen LogP contribution in [-0.2, 0) is 11.3 Å². The number of nitrogens with two attached hydrogens (primary N) is 1. The molecule has 2 rings (SSSR count). The molecule has 2 aromatic carbocycles. The summed E-state index contributed by atoms with van der Waals surface area (Å²) < 4.78 is 24.1. The van der Waals surface area contributed by atoms with E-state index in [9.17, 15) is 9.18 Å². The van der Waals surface area contributed by atoms with Gasteiger partial charge in [-0.1, -0.05) is 25.1 Å². The zero-order valence-corrected chi connectivity index (χ0v) is 12.3. The van der Waals surface area contributed by atoms with Crippen LogP contribution < -0.4 is 10.5 Å². The number of anilines is 1. The molecule has 0 unspecified atom stereocenters. The van der Waals surface area contributed by atoms with Crippen LogP contribution in [0, 0.1) is 5.82 Å². The topological polar surface area (TPSA) is 61.5 Å². The van der Waals surface area contributed by atoms with E-state index in [0.29, 0.717) is 29.2 Å². The third-order valence-electron chi connectivity index (χ3n) is 3.03. The Morgan fingerprint density at radius 1 is 1.23 bits per heavy atom. The van der Waals surface area contributed by atoms with Gasteiger partial charge in [-0.05, 0) is 30.7 Å². The summed E-state index contributed by atoms with van der Waals surface area (Å²) in [5.41, 5.74) is 6.97. The van der Waals surface area contributed by atoms with Gasteiger partial charge in [-0.2, -0.15) is 0 Å². The van der Waals surface area contributed by atoms with Gasteiger partial charge >= 0.3 is 5.97 Å². The first-order chi connectivity index (χ1) is 10.6.